The lowest BCUT2D eigenvalue weighted by molar-refractivity contribution is 0.0953. The molecule has 0 atom stereocenters. The highest BCUT2D eigenvalue weighted by Gasteiger charge is 2.03. The summed E-state index contributed by atoms with van der Waals surface area (Å²) in [7, 11) is 0. The topological polar surface area (TPSA) is 64.3 Å². The van der Waals surface area contributed by atoms with Crippen LogP contribution in [0.25, 0.3) is 0 Å². The van der Waals surface area contributed by atoms with E-state index in [0.717, 1.165) is 21.4 Å². The molecule has 2 rings (SSSR count). The number of carbonyl (C=O) groups is 1. The Labute approximate surface area is 132 Å². The Bertz CT molecular complexity index is 588. The van der Waals surface area contributed by atoms with Crippen LogP contribution in [0.1, 0.15) is 10.4 Å². The summed E-state index contributed by atoms with van der Waals surface area (Å²) in [6, 6.07) is 14.5. The van der Waals surface area contributed by atoms with Gasteiger partial charge in [-0.05, 0) is 48.5 Å². The molecule has 21 heavy (non-hydrogen) atoms. The van der Waals surface area contributed by atoms with Crippen LogP contribution in [-0.4, -0.2) is 18.3 Å². The molecule has 0 saturated carbocycles. The second kappa shape index (κ2) is 7.93. The van der Waals surface area contributed by atoms with E-state index in [2.05, 4.69) is 5.43 Å². The van der Waals surface area contributed by atoms with E-state index in [1.165, 1.54) is 0 Å². The number of benzene rings is 2. The molecule has 0 heterocycles. The van der Waals surface area contributed by atoms with Crippen molar-refractivity contribution in [2.24, 2.45) is 5.84 Å². The van der Waals surface area contributed by atoms with E-state index in [4.69, 9.17) is 22.2 Å². The predicted molar refractivity (Wildman–Crippen MR) is 85.8 cm³/mol. The molecule has 0 spiro atoms. The standard InChI is InChI=1S/C15H15ClN2O2S/c16-12-3-7-14(8-4-12)21-10-9-20-13-5-1-11(2-6-13)15(19)18-17/h1-8H,9-10,17H2,(H,18,19). The minimum atomic E-state index is -0.320. The number of hydrogen-bond donors (Lipinski definition) is 2. The molecule has 0 unspecified atom stereocenters. The quantitative estimate of drug-likeness (QED) is 0.282. The van der Waals surface area contributed by atoms with E-state index in [0.29, 0.717) is 12.2 Å². The maximum atomic E-state index is 11.3. The van der Waals surface area contributed by atoms with Crippen LogP contribution < -0.4 is 16.0 Å². The fraction of sp³-hybridized carbons (Fsp3) is 0.133. The van der Waals surface area contributed by atoms with Crippen LogP contribution in [0, 0.1) is 0 Å². The zero-order valence-electron chi connectivity index (χ0n) is 11.2. The third kappa shape index (κ3) is 4.97. The number of hydrazine groups is 1. The summed E-state index contributed by atoms with van der Waals surface area (Å²) in [6.07, 6.45) is 0. The van der Waals surface area contributed by atoms with Crippen molar-refractivity contribution >= 4 is 29.3 Å². The number of thioether (sulfide) groups is 1. The Balaban J connectivity index is 1.75. The van der Waals surface area contributed by atoms with Gasteiger partial charge in [0.05, 0.1) is 6.61 Å². The first-order chi connectivity index (χ1) is 10.2. The third-order valence-corrected chi connectivity index (χ3v) is 3.91. The van der Waals surface area contributed by atoms with Crippen LogP contribution in [0.2, 0.25) is 5.02 Å². The molecule has 0 fully saturated rings. The molecular weight excluding hydrogens is 308 g/mol. The molecule has 0 aliphatic rings. The van der Waals surface area contributed by atoms with Crippen LogP contribution in [0.15, 0.2) is 53.4 Å². The van der Waals surface area contributed by atoms with Crippen molar-refractivity contribution in [3.8, 4) is 5.75 Å². The molecule has 0 aromatic heterocycles. The number of carbonyl (C=O) groups excluding carboxylic acids is 1. The van der Waals surface area contributed by atoms with E-state index >= 15 is 0 Å². The second-order valence-electron chi connectivity index (χ2n) is 4.15. The first-order valence-corrected chi connectivity index (χ1v) is 7.67. The lowest BCUT2D eigenvalue weighted by Gasteiger charge is -2.07. The van der Waals surface area contributed by atoms with Gasteiger partial charge in [0.2, 0.25) is 0 Å². The Kier molecular flexibility index (Phi) is 5.92. The third-order valence-electron chi connectivity index (χ3n) is 2.68. The number of hydrogen-bond acceptors (Lipinski definition) is 4. The molecule has 3 N–H and O–H groups in total. The van der Waals surface area contributed by atoms with Gasteiger partial charge in [-0.15, -0.1) is 11.8 Å². The minimum absolute atomic E-state index is 0.320. The zero-order valence-corrected chi connectivity index (χ0v) is 12.8. The highest BCUT2D eigenvalue weighted by Crippen LogP contribution is 2.20. The van der Waals surface area contributed by atoms with Gasteiger partial charge in [-0.2, -0.15) is 0 Å². The molecule has 2 aromatic carbocycles. The number of nitrogens with two attached hydrogens (primary N) is 1. The SMILES string of the molecule is NNC(=O)c1ccc(OCCSc2ccc(Cl)cc2)cc1. The predicted octanol–water partition coefficient (Wildman–Crippen LogP) is 3.11. The Morgan fingerprint density at radius 3 is 2.43 bits per heavy atom. The summed E-state index contributed by atoms with van der Waals surface area (Å²) < 4.78 is 5.61. The van der Waals surface area contributed by atoms with E-state index < -0.39 is 0 Å². The summed E-state index contributed by atoms with van der Waals surface area (Å²) in [5.74, 6) is 6.29. The summed E-state index contributed by atoms with van der Waals surface area (Å²) in [5, 5.41) is 0.734. The van der Waals surface area contributed by atoms with Crippen LogP contribution in [0.5, 0.6) is 5.75 Å². The average Bonchev–Trinajstić information content (AvgIpc) is 2.53. The normalized spacial score (nSPS) is 10.2. The average molecular weight is 323 g/mol. The summed E-state index contributed by atoms with van der Waals surface area (Å²) in [4.78, 5) is 12.4. The summed E-state index contributed by atoms with van der Waals surface area (Å²) in [6.45, 7) is 0.579. The smallest absolute Gasteiger partial charge is 0.265 e. The zero-order chi connectivity index (χ0) is 15.1. The highest BCUT2D eigenvalue weighted by molar-refractivity contribution is 7.99. The van der Waals surface area contributed by atoms with E-state index in [1.54, 1.807) is 36.0 Å². The molecule has 1 amide bonds. The lowest BCUT2D eigenvalue weighted by Crippen LogP contribution is -2.29. The molecule has 0 radical (unpaired) electrons. The molecule has 0 aliphatic heterocycles. The molecular formula is C15H15ClN2O2S. The minimum Gasteiger partial charge on any atom is -0.493 e. The number of amides is 1. The van der Waals surface area contributed by atoms with Crippen LogP contribution >= 0.6 is 23.4 Å². The van der Waals surface area contributed by atoms with Crippen molar-refractivity contribution in [1.82, 2.24) is 5.43 Å². The number of nitrogen functional groups attached to an aromatic ring is 1. The van der Waals surface area contributed by atoms with E-state index in [1.807, 2.05) is 24.3 Å². The van der Waals surface area contributed by atoms with E-state index in [9.17, 15) is 4.79 Å². The van der Waals surface area contributed by atoms with Gasteiger partial charge in [0, 0.05) is 21.2 Å². The number of rotatable bonds is 6. The van der Waals surface area contributed by atoms with Gasteiger partial charge < -0.3 is 4.74 Å². The van der Waals surface area contributed by atoms with Crippen molar-refractivity contribution < 1.29 is 9.53 Å². The van der Waals surface area contributed by atoms with Crippen LogP contribution in [0.3, 0.4) is 0 Å². The fourth-order valence-corrected chi connectivity index (χ4v) is 2.49. The first-order valence-electron chi connectivity index (χ1n) is 6.31. The van der Waals surface area contributed by atoms with Gasteiger partial charge >= 0.3 is 0 Å². The van der Waals surface area contributed by atoms with Gasteiger partial charge in [0.15, 0.2) is 0 Å². The Morgan fingerprint density at radius 1 is 1.14 bits per heavy atom. The van der Waals surface area contributed by atoms with Gasteiger partial charge in [-0.25, -0.2) is 5.84 Å². The maximum absolute atomic E-state index is 11.3. The number of halogens is 1. The van der Waals surface area contributed by atoms with Gasteiger partial charge in [-0.3, -0.25) is 10.2 Å². The summed E-state index contributed by atoms with van der Waals surface area (Å²) in [5.41, 5.74) is 2.58. The van der Waals surface area contributed by atoms with Crippen molar-refractivity contribution in [2.45, 2.75) is 4.90 Å². The Morgan fingerprint density at radius 2 is 1.81 bits per heavy atom. The highest BCUT2D eigenvalue weighted by atomic mass is 35.5. The van der Waals surface area contributed by atoms with Crippen molar-refractivity contribution in [3.05, 3.63) is 59.1 Å². The van der Waals surface area contributed by atoms with Crippen molar-refractivity contribution in [1.29, 1.82) is 0 Å². The number of ether oxygens (including phenoxy) is 1. The number of nitrogens with one attached hydrogen (secondary N) is 1. The lowest BCUT2D eigenvalue weighted by atomic mass is 10.2. The molecule has 6 heteroatoms. The summed E-state index contributed by atoms with van der Waals surface area (Å²) >= 11 is 7.52. The molecule has 2 aromatic rings. The Hall–Kier alpha value is -1.69. The van der Waals surface area contributed by atoms with E-state index in [-0.39, 0.29) is 5.91 Å². The maximum Gasteiger partial charge on any atom is 0.265 e. The first kappa shape index (κ1) is 15.7. The van der Waals surface area contributed by atoms with Gasteiger partial charge in [0.25, 0.3) is 5.91 Å². The van der Waals surface area contributed by atoms with Crippen molar-refractivity contribution in [3.63, 3.8) is 0 Å². The molecule has 0 bridgehead atoms. The van der Waals surface area contributed by atoms with Gasteiger partial charge in [-0.1, -0.05) is 11.6 Å². The molecule has 0 aliphatic carbocycles. The molecule has 4 nitrogen and oxygen atoms in total. The largest absolute Gasteiger partial charge is 0.493 e. The van der Waals surface area contributed by atoms with Gasteiger partial charge in [0.1, 0.15) is 5.75 Å². The van der Waals surface area contributed by atoms with Crippen LogP contribution in [-0.2, 0) is 0 Å². The van der Waals surface area contributed by atoms with Crippen molar-refractivity contribution in [2.75, 3.05) is 12.4 Å². The van der Waals surface area contributed by atoms with Crippen LogP contribution in [0.4, 0.5) is 0 Å². The molecule has 110 valence electrons. The second-order valence-corrected chi connectivity index (χ2v) is 5.75. The monoisotopic (exact) mass is 322 g/mol. The molecule has 0 saturated heterocycles. The fourth-order valence-electron chi connectivity index (χ4n) is 1.64.